The number of nitrogens with zero attached hydrogens (tertiary/aromatic N) is 1. The lowest BCUT2D eigenvalue weighted by molar-refractivity contribution is -0.182. The van der Waals surface area contributed by atoms with E-state index < -0.39 is 76.1 Å². The highest BCUT2D eigenvalue weighted by Gasteiger charge is 2.69. The van der Waals surface area contributed by atoms with Crippen LogP contribution in [0.1, 0.15) is 49.5 Å². The summed E-state index contributed by atoms with van der Waals surface area (Å²) in [5.41, 5.74) is 1.06. The van der Waals surface area contributed by atoms with Gasteiger partial charge in [0.05, 0.1) is 17.1 Å². The van der Waals surface area contributed by atoms with Crippen molar-refractivity contribution in [2.75, 3.05) is 18.0 Å². The zero-order valence-corrected chi connectivity index (χ0v) is 19.2. The van der Waals surface area contributed by atoms with Gasteiger partial charge in [0.15, 0.2) is 34.7 Å². The maximum absolute atomic E-state index is 13.6. The molecule has 10 nitrogen and oxygen atoms in total. The second-order valence-electron chi connectivity index (χ2n) is 9.56. The molecule has 1 aromatic carbocycles. The quantitative estimate of drug-likeness (QED) is 0.434. The summed E-state index contributed by atoms with van der Waals surface area (Å²) in [5, 5.41) is 33.6. The van der Waals surface area contributed by atoms with Gasteiger partial charge < -0.3 is 26.0 Å². The number of primary amides is 1. The second kappa shape index (κ2) is 7.71. The third-order valence-electron chi connectivity index (χ3n) is 7.90. The molecule has 0 bridgehead atoms. The summed E-state index contributed by atoms with van der Waals surface area (Å²) >= 11 is 0. The molecule has 182 valence electrons. The van der Waals surface area contributed by atoms with E-state index in [0.29, 0.717) is 18.8 Å². The van der Waals surface area contributed by atoms with Crippen LogP contribution in [0.5, 0.6) is 5.75 Å². The molecule has 0 aromatic heterocycles. The van der Waals surface area contributed by atoms with Crippen LogP contribution in [0, 0.1) is 23.7 Å². The summed E-state index contributed by atoms with van der Waals surface area (Å²) < 4.78 is 0. The molecule has 6 atom stereocenters. The Morgan fingerprint density at radius 1 is 1.12 bits per heavy atom. The van der Waals surface area contributed by atoms with Crippen LogP contribution in [-0.2, 0) is 24.8 Å². The molecular formula is C24H28N2O8. The van der Waals surface area contributed by atoms with E-state index >= 15 is 0 Å². The van der Waals surface area contributed by atoms with Crippen molar-refractivity contribution in [2.45, 2.75) is 44.8 Å². The standard InChI is InChI=1S/C24H28N2O8/c1-4-26(5-2)12-6-7-13(27)16-18(12)23(3,33)11-8-10-9-14(28)17(22(25)32)21(31)24(10,34)20(30)15(11)19(16)29/h6-7,10-11,15,17,27,33-34H,4-5,8-9H2,1-3H3,(H2,25,32)/t10-,11-,15?,17?,23+,24-/m0/s1. The van der Waals surface area contributed by atoms with Gasteiger partial charge in [0, 0.05) is 42.6 Å². The Labute approximate surface area is 195 Å². The van der Waals surface area contributed by atoms with Crippen molar-refractivity contribution in [2.24, 2.45) is 29.4 Å². The number of carbonyl (C=O) groups is 5. The molecule has 10 heteroatoms. The molecule has 3 aliphatic rings. The summed E-state index contributed by atoms with van der Waals surface area (Å²) in [6, 6.07) is 2.90. The van der Waals surface area contributed by atoms with Gasteiger partial charge >= 0.3 is 0 Å². The van der Waals surface area contributed by atoms with E-state index in [1.807, 2.05) is 18.7 Å². The lowest BCUT2D eigenvalue weighted by Crippen LogP contribution is -2.70. The Kier molecular flexibility index (Phi) is 5.45. The number of nitrogens with two attached hydrogens (primary N) is 1. The molecule has 2 unspecified atom stereocenters. The van der Waals surface area contributed by atoms with Gasteiger partial charge in [0.25, 0.3) is 0 Å². The number of hydrogen-bond acceptors (Lipinski definition) is 9. The topological polar surface area (TPSA) is 175 Å². The van der Waals surface area contributed by atoms with Crippen LogP contribution in [0.4, 0.5) is 5.69 Å². The molecule has 0 spiro atoms. The molecule has 5 N–H and O–H groups in total. The average Bonchev–Trinajstić information content (AvgIpc) is 2.75. The number of amides is 1. The van der Waals surface area contributed by atoms with Crippen LogP contribution in [0.15, 0.2) is 12.1 Å². The summed E-state index contributed by atoms with van der Waals surface area (Å²) in [6.07, 6.45) is -0.660. The number of aliphatic hydroxyl groups is 2. The van der Waals surface area contributed by atoms with Crippen molar-refractivity contribution in [1.82, 2.24) is 0 Å². The highest BCUT2D eigenvalue weighted by Crippen LogP contribution is 2.56. The summed E-state index contributed by atoms with van der Waals surface area (Å²) in [5.74, 6) is -11.7. The average molecular weight is 472 g/mol. The molecule has 0 saturated heterocycles. The first-order chi connectivity index (χ1) is 15.8. The molecule has 2 saturated carbocycles. The number of carbonyl (C=O) groups excluding carboxylic acids is 5. The fourth-order valence-electron chi connectivity index (χ4n) is 6.17. The summed E-state index contributed by atoms with van der Waals surface area (Å²) in [6.45, 7) is 6.31. The maximum atomic E-state index is 13.6. The monoisotopic (exact) mass is 472 g/mol. The third kappa shape index (κ3) is 2.91. The first-order valence-corrected chi connectivity index (χ1v) is 11.3. The first kappa shape index (κ1) is 24.0. The first-order valence-electron chi connectivity index (χ1n) is 11.3. The number of phenolic OH excluding ortho intramolecular Hbond substituents is 1. The Hall–Kier alpha value is -3.11. The Balaban J connectivity index is 1.92. The van der Waals surface area contributed by atoms with Crippen LogP contribution in [-0.4, -0.2) is 63.1 Å². The second-order valence-corrected chi connectivity index (χ2v) is 9.56. The van der Waals surface area contributed by atoms with E-state index in [1.54, 1.807) is 6.07 Å². The van der Waals surface area contributed by atoms with Gasteiger partial charge in [-0.15, -0.1) is 0 Å². The van der Waals surface area contributed by atoms with Gasteiger partial charge in [-0.1, -0.05) is 0 Å². The highest BCUT2D eigenvalue weighted by atomic mass is 16.3. The van der Waals surface area contributed by atoms with E-state index in [4.69, 9.17) is 5.73 Å². The smallest absolute Gasteiger partial charge is 0.235 e. The summed E-state index contributed by atoms with van der Waals surface area (Å²) in [7, 11) is 0. The van der Waals surface area contributed by atoms with E-state index in [9.17, 15) is 39.3 Å². The van der Waals surface area contributed by atoms with E-state index in [2.05, 4.69) is 0 Å². The van der Waals surface area contributed by atoms with Crippen LogP contribution in [0.3, 0.4) is 0 Å². The molecule has 1 aromatic rings. The molecule has 3 aliphatic carbocycles. The van der Waals surface area contributed by atoms with Crippen molar-refractivity contribution >= 4 is 34.7 Å². The zero-order chi connectivity index (χ0) is 25.3. The molecule has 0 radical (unpaired) electrons. The minimum atomic E-state index is -2.76. The molecule has 4 rings (SSSR count). The predicted molar refractivity (Wildman–Crippen MR) is 118 cm³/mol. The minimum Gasteiger partial charge on any atom is -0.507 e. The summed E-state index contributed by atoms with van der Waals surface area (Å²) in [4.78, 5) is 66.3. The molecule has 34 heavy (non-hydrogen) atoms. The third-order valence-corrected chi connectivity index (χ3v) is 7.90. The minimum absolute atomic E-state index is 0.171. The zero-order valence-electron chi connectivity index (χ0n) is 19.2. The largest absolute Gasteiger partial charge is 0.507 e. The van der Waals surface area contributed by atoms with Gasteiger partial charge in [-0.25, -0.2) is 0 Å². The van der Waals surface area contributed by atoms with Crippen molar-refractivity contribution in [3.63, 3.8) is 0 Å². The highest BCUT2D eigenvalue weighted by molar-refractivity contribution is 6.31. The van der Waals surface area contributed by atoms with Crippen molar-refractivity contribution in [3.8, 4) is 5.75 Å². The maximum Gasteiger partial charge on any atom is 0.235 e. The fourth-order valence-corrected chi connectivity index (χ4v) is 6.17. The number of fused-ring (bicyclic) bond motifs is 3. The van der Waals surface area contributed by atoms with Gasteiger partial charge in [-0.2, -0.15) is 0 Å². The van der Waals surface area contributed by atoms with E-state index in [0.717, 1.165) is 0 Å². The molecular weight excluding hydrogens is 444 g/mol. The fraction of sp³-hybridized carbons (Fsp3) is 0.542. The Morgan fingerprint density at radius 3 is 2.29 bits per heavy atom. The van der Waals surface area contributed by atoms with Crippen molar-refractivity contribution in [1.29, 1.82) is 0 Å². The van der Waals surface area contributed by atoms with Crippen LogP contribution in [0.25, 0.3) is 0 Å². The number of rotatable bonds is 4. The number of aromatic hydroxyl groups is 1. The Morgan fingerprint density at radius 2 is 1.74 bits per heavy atom. The van der Waals surface area contributed by atoms with Gasteiger partial charge in [-0.05, 0) is 39.3 Å². The molecule has 0 aliphatic heterocycles. The van der Waals surface area contributed by atoms with E-state index in [-0.39, 0.29) is 17.5 Å². The lowest BCUT2D eigenvalue weighted by Gasteiger charge is -2.53. The van der Waals surface area contributed by atoms with Gasteiger partial charge in [0.1, 0.15) is 5.75 Å². The number of ketones is 4. The van der Waals surface area contributed by atoms with Crippen LogP contribution >= 0.6 is 0 Å². The number of benzene rings is 1. The molecule has 1 amide bonds. The predicted octanol–water partition coefficient (Wildman–Crippen LogP) is -0.162. The van der Waals surface area contributed by atoms with Gasteiger partial charge in [0.2, 0.25) is 5.91 Å². The SMILES string of the molecule is CCN(CC)c1ccc(O)c2c1[C@](C)(O)[C@H]1C[C@H]3CC(=O)C(C(N)=O)C(=O)[C@@]3(O)C(=O)C1C2=O. The number of phenols is 1. The molecule has 2 fully saturated rings. The van der Waals surface area contributed by atoms with Crippen LogP contribution in [0.2, 0.25) is 0 Å². The van der Waals surface area contributed by atoms with Crippen molar-refractivity contribution < 1.29 is 39.3 Å². The lowest BCUT2D eigenvalue weighted by atomic mass is 9.50. The van der Waals surface area contributed by atoms with Gasteiger partial charge in [-0.3, -0.25) is 24.0 Å². The van der Waals surface area contributed by atoms with Crippen molar-refractivity contribution in [3.05, 3.63) is 23.3 Å². The van der Waals surface area contributed by atoms with Crippen LogP contribution < -0.4 is 10.6 Å². The Bertz CT molecular complexity index is 1140. The van der Waals surface area contributed by atoms with E-state index in [1.165, 1.54) is 13.0 Å². The normalized spacial score (nSPS) is 34.9. The number of Topliss-reactive ketones (excluding diaryl/α,β-unsaturated/α-hetero) is 4. The number of anilines is 1. The molecule has 0 heterocycles. The number of hydrogen-bond donors (Lipinski definition) is 4.